The zero-order chi connectivity index (χ0) is 43.3. The average molecular weight is 836 g/mol. The van der Waals surface area contributed by atoms with Gasteiger partial charge in [-0.1, -0.05) is 188 Å². The summed E-state index contributed by atoms with van der Waals surface area (Å²) in [5.41, 5.74) is 11.3. The maximum Gasteiger partial charge on any atom is 0.0972 e. The molecule has 0 saturated carbocycles. The molecule has 0 aliphatic heterocycles. The molecule has 0 unspecified atom stereocenters. The van der Waals surface area contributed by atoms with Crippen molar-refractivity contribution in [2.75, 3.05) is 0 Å². The molecule has 14 rings (SSSR count). The normalized spacial score (nSPS) is 11.9. The first-order valence-electron chi connectivity index (χ1n) is 22.6. The third-order valence-corrected chi connectivity index (χ3v) is 13.8. The minimum atomic E-state index is 0.911. The summed E-state index contributed by atoms with van der Waals surface area (Å²) < 4.78 is 0. The first-order valence-corrected chi connectivity index (χ1v) is 22.6. The predicted molar refractivity (Wildman–Crippen MR) is 279 cm³/mol. The van der Waals surface area contributed by atoms with Crippen molar-refractivity contribution in [2.24, 2.45) is 0 Å². The van der Waals surface area contributed by atoms with Crippen LogP contribution in [0.4, 0.5) is 0 Å². The summed E-state index contributed by atoms with van der Waals surface area (Å²) in [7, 11) is 0. The molecule has 3 heterocycles. The van der Waals surface area contributed by atoms with Crippen LogP contribution in [-0.2, 0) is 0 Å². The smallest absolute Gasteiger partial charge is 0.0972 e. The molecule has 0 N–H and O–H groups in total. The summed E-state index contributed by atoms with van der Waals surface area (Å²) in [6, 6.07) is 81.0. The van der Waals surface area contributed by atoms with Gasteiger partial charge in [0.25, 0.3) is 0 Å². The second-order valence-electron chi connectivity index (χ2n) is 17.4. The monoisotopic (exact) mass is 835 g/mol. The van der Waals surface area contributed by atoms with E-state index in [4.69, 9.17) is 15.0 Å². The maximum atomic E-state index is 5.45. The highest BCUT2D eigenvalue weighted by molar-refractivity contribution is 6.33. The Balaban J connectivity index is 0.916. The molecular weight excluding hydrogens is 799 g/mol. The van der Waals surface area contributed by atoms with E-state index >= 15 is 0 Å². The van der Waals surface area contributed by atoms with Crippen LogP contribution in [0.5, 0.6) is 0 Å². The van der Waals surface area contributed by atoms with Crippen molar-refractivity contribution in [2.45, 2.75) is 0 Å². The number of fused-ring (bicyclic) bond motifs is 17. The van der Waals surface area contributed by atoms with Crippen LogP contribution in [0.1, 0.15) is 0 Å². The molecule has 11 aromatic carbocycles. The van der Waals surface area contributed by atoms with Crippen LogP contribution >= 0.6 is 0 Å². The third-order valence-electron chi connectivity index (χ3n) is 13.8. The number of nitrogens with zero attached hydrogens (tertiary/aromatic N) is 3. The fourth-order valence-electron chi connectivity index (χ4n) is 10.7. The Morgan fingerprint density at radius 2 is 0.667 bits per heavy atom. The van der Waals surface area contributed by atoms with Gasteiger partial charge in [0.2, 0.25) is 0 Å². The van der Waals surface area contributed by atoms with E-state index in [0.717, 1.165) is 66.7 Å². The Morgan fingerprint density at radius 3 is 1.32 bits per heavy atom. The van der Waals surface area contributed by atoms with Gasteiger partial charge in [-0.25, -0.2) is 15.0 Å². The lowest BCUT2D eigenvalue weighted by Crippen LogP contribution is -1.93. The van der Waals surface area contributed by atoms with Gasteiger partial charge < -0.3 is 0 Å². The van der Waals surface area contributed by atoms with Crippen LogP contribution in [0.25, 0.3) is 142 Å². The number of hydrogen-bond acceptors (Lipinski definition) is 3. The summed E-state index contributed by atoms with van der Waals surface area (Å²) in [6.45, 7) is 0. The fourth-order valence-corrected chi connectivity index (χ4v) is 10.7. The van der Waals surface area contributed by atoms with E-state index in [1.807, 2.05) is 6.07 Å². The van der Waals surface area contributed by atoms with Gasteiger partial charge in [-0.15, -0.1) is 0 Å². The highest BCUT2D eigenvalue weighted by Crippen LogP contribution is 2.44. The zero-order valence-electron chi connectivity index (χ0n) is 35.7. The Morgan fingerprint density at radius 1 is 0.227 bits per heavy atom. The van der Waals surface area contributed by atoms with E-state index in [2.05, 4.69) is 218 Å². The van der Waals surface area contributed by atoms with Gasteiger partial charge in [-0.05, 0) is 101 Å². The van der Waals surface area contributed by atoms with Crippen molar-refractivity contribution in [3.05, 3.63) is 224 Å². The highest BCUT2D eigenvalue weighted by atomic mass is 14.8. The summed E-state index contributed by atoms with van der Waals surface area (Å²) in [5, 5.41) is 18.1. The second-order valence-corrected chi connectivity index (χ2v) is 17.4. The molecule has 0 aliphatic rings. The standard InChI is InChI=1S/C63H37N3/c1-2-13-38(14-3-1)56-33-29-39-25-26-40-30-34-57(65-63(40)62(39)64-56)43-28-32-50-49-31-27-42(36-54(49)47-19-4-5-20-48(47)55(50)37-43)41-15-12-16-44(35-41)61-60-52-22-9-7-18-46(52)45-17-6-8-21-51(45)59(60)53-23-10-11-24-58(53)66-61/h1-37H. The molecule has 0 aliphatic carbocycles. The molecule has 0 radical (unpaired) electrons. The Labute approximate surface area is 379 Å². The van der Waals surface area contributed by atoms with E-state index in [0.29, 0.717) is 0 Å². The van der Waals surface area contributed by atoms with Crippen molar-refractivity contribution in [1.82, 2.24) is 15.0 Å². The van der Waals surface area contributed by atoms with E-state index in [1.165, 1.54) is 75.6 Å². The van der Waals surface area contributed by atoms with Crippen molar-refractivity contribution >= 4 is 97.3 Å². The molecule has 66 heavy (non-hydrogen) atoms. The third kappa shape index (κ3) is 5.60. The number of pyridine rings is 3. The van der Waals surface area contributed by atoms with E-state index in [1.54, 1.807) is 0 Å². The molecule has 0 spiro atoms. The zero-order valence-corrected chi connectivity index (χ0v) is 35.7. The van der Waals surface area contributed by atoms with E-state index in [9.17, 15) is 0 Å². The minimum absolute atomic E-state index is 0.911. The minimum Gasteiger partial charge on any atom is -0.247 e. The number of rotatable bonds is 4. The molecule has 3 nitrogen and oxygen atoms in total. The first kappa shape index (κ1) is 36.7. The van der Waals surface area contributed by atoms with Gasteiger partial charge in [0.1, 0.15) is 0 Å². The largest absolute Gasteiger partial charge is 0.247 e. The van der Waals surface area contributed by atoms with Crippen molar-refractivity contribution in [3.8, 4) is 44.9 Å². The molecule has 0 amide bonds. The molecule has 3 aromatic heterocycles. The van der Waals surface area contributed by atoms with Crippen LogP contribution in [0.2, 0.25) is 0 Å². The fraction of sp³-hybridized carbons (Fsp3) is 0. The molecule has 3 heteroatoms. The van der Waals surface area contributed by atoms with Crippen molar-refractivity contribution in [3.63, 3.8) is 0 Å². The molecule has 14 aromatic rings. The predicted octanol–water partition coefficient (Wildman–Crippen LogP) is 16.9. The SMILES string of the molecule is c1ccc(-c2ccc3ccc4ccc(-c5ccc6c7ccc(-c8cccc(-c9nc%10ccccc%10c%10c%11ccccc%11c%11ccccc%11c9%10)c8)cc7c7ccccc7c6c5)nc4c3n2)cc1. The first-order chi connectivity index (χ1) is 32.7. The van der Waals surface area contributed by atoms with Crippen molar-refractivity contribution in [1.29, 1.82) is 0 Å². The van der Waals surface area contributed by atoms with Crippen LogP contribution in [0, 0.1) is 0 Å². The molecule has 0 saturated heterocycles. The number of aromatic nitrogens is 3. The van der Waals surface area contributed by atoms with E-state index < -0.39 is 0 Å². The molecule has 0 bridgehead atoms. The average Bonchev–Trinajstić information content (AvgIpc) is 3.40. The summed E-state index contributed by atoms with van der Waals surface area (Å²) in [4.78, 5) is 15.9. The lowest BCUT2D eigenvalue weighted by Gasteiger charge is -2.17. The van der Waals surface area contributed by atoms with Gasteiger partial charge >= 0.3 is 0 Å². The van der Waals surface area contributed by atoms with Gasteiger partial charge in [0, 0.05) is 43.6 Å². The highest BCUT2D eigenvalue weighted by Gasteiger charge is 2.19. The lowest BCUT2D eigenvalue weighted by molar-refractivity contribution is 1.37. The summed E-state index contributed by atoms with van der Waals surface area (Å²) in [5.74, 6) is 0. The molecular formula is C63H37N3. The number of benzene rings is 11. The van der Waals surface area contributed by atoms with E-state index in [-0.39, 0.29) is 0 Å². The van der Waals surface area contributed by atoms with Crippen LogP contribution < -0.4 is 0 Å². The summed E-state index contributed by atoms with van der Waals surface area (Å²) in [6.07, 6.45) is 0. The van der Waals surface area contributed by atoms with Gasteiger partial charge in [-0.2, -0.15) is 0 Å². The second kappa shape index (κ2) is 14.4. The quantitative estimate of drug-likeness (QED) is 0.166. The lowest BCUT2D eigenvalue weighted by atomic mass is 9.89. The van der Waals surface area contributed by atoms with Gasteiger partial charge in [0.15, 0.2) is 0 Å². The number of hydrogen-bond donors (Lipinski definition) is 0. The maximum absolute atomic E-state index is 5.45. The topological polar surface area (TPSA) is 38.7 Å². The molecule has 0 fully saturated rings. The van der Waals surface area contributed by atoms with Gasteiger partial charge in [-0.3, -0.25) is 0 Å². The Kier molecular flexibility index (Phi) is 7.98. The Bertz CT molecular complexity index is 4320. The van der Waals surface area contributed by atoms with Crippen LogP contribution in [-0.4, -0.2) is 15.0 Å². The van der Waals surface area contributed by atoms with Crippen LogP contribution in [0.3, 0.4) is 0 Å². The molecule has 304 valence electrons. The Hall–Kier alpha value is -8.79. The summed E-state index contributed by atoms with van der Waals surface area (Å²) >= 11 is 0. The molecule has 0 atom stereocenters. The van der Waals surface area contributed by atoms with Crippen LogP contribution in [0.15, 0.2) is 224 Å². The number of para-hydroxylation sites is 1. The van der Waals surface area contributed by atoms with Crippen molar-refractivity contribution < 1.29 is 0 Å². The van der Waals surface area contributed by atoms with Gasteiger partial charge in [0.05, 0.1) is 33.6 Å².